The van der Waals surface area contributed by atoms with Crippen LogP contribution in [0.5, 0.6) is 0 Å². The Morgan fingerprint density at radius 3 is 1.25 bits per heavy atom. The summed E-state index contributed by atoms with van der Waals surface area (Å²) in [6, 6.07) is 0. The average molecular weight is 327 g/mol. The fourth-order valence-corrected chi connectivity index (χ4v) is 5.16. The Morgan fingerprint density at radius 2 is 0.900 bits per heavy atom. The zero-order valence-electron chi connectivity index (χ0n) is 13.6. The van der Waals surface area contributed by atoms with E-state index in [4.69, 9.17) is 11.2 Å². The summed E-state index contributed by atoms with van der Waals surface area (Å²) in [6.07, 6.45) is 10.8. The monoisotopic (exact) mass is 326 g/mol. The molecule has 0 bridgehead atoms. The summed E-state index contributed by atoms with van der Waals surface area (Å²) in [4.78, 5) is 20.5. The van der Waals surface area contributed by atoms with Crippen LogP contribution in [0, 0.1) is 0 Å². The van der Waals surface area contributed by atoms with Gasteiger partial charge in [-0.15, -0.1) is 0 Å². The van der Waals surface area contributed by atoms with Crippen molar-refractivity contribution in [3.05, 3.63) is 0 Å². The van der Waals surface area contributed by atoms with Crippen LogP contribution in [0.25, 0.3) is 0 Å². The van der Waals surface area contributed by atoms with Crippen molar-refractivity contribution in [3.63, 3.8) is 0 Å². The second-order valence-corrected chi connectivity index (χ2v) is 12.0. The van der Waals surface area contributed by atoms with Crippen molar-refractivity contribution in [2.24, 2.45) is 0 Å². The number of hydrogen-bond acceptors (Lipinski definition) is 2. The minimum atomic E-state index is -3.84. The van der Waals surface area contributed by atoms with Crippen molar-refractivity contribution in [2.45, 2.75) is 90.9 Å². The van der Waals surface area contributed by atoms with E-state index in [0.29, 0.717) is 12.3 Å². The summed E-state index contributed by atoms with van der Waals surface area (Å²) in [6.45, 7) is 4.40. The van der Waals surface area contributed by atoms with E-state index in [1.54, 1.807) is 0 Å². The second-order valence-electron chi connectivity index (χ2n) is 6.25. The molecule has 0 aromatic heterocycles. The fraction of sp³-hybridized carbons (Fsp3) is 1.00. The third-order valence-electron chi connectivity index (χ3n) is 3.91. The Kier molecular flexibility index (Phi) is 11.6. The molecule has 0 rings (SSSR count). The molecule has 0 heterocycles. The SMILES string of the molecule is CCCCCCCCP(O)(O)(Cl)CCCCCCCC. The molecular weight excluding hydrogens is 291 g/mol. The van der Waals surface area contributed by atoms with Gasteiger partial charge < -0.3 is 0 Å². The van der Waals surface area contributed by atoms with Gasteiger partial charge >= 0.3 is 131 Å². The molecule has 0 aliphatic heterocycles. The Morgan fingerprint density at radius 1 is 0.600 bits per heavy atom. The number of hydrogen-bond donors (Lipinski definition) is 2. The summed E-state index contributed by atoms with van der Waals surface area (Å²) in [5, 5.41) is 0. The summed E-state index contributed by atoms with van der Waals surface area (Å²) < 4.78 is 0. The molecule has 0 aromatic carbocycles. The Balaban J connectivity index is 3.64. The third-order valence-corrected chi connectivity index (χ3v) is 7.33. The minimum absolute atomic E-state index is 0.411. The van der Waals surface area contributed by atoms with Crippen molar-refractivity contribution in [1.29, 1.82) is 0 Å². The Bertz CT molecular complexity index is 206. The molecule has 0 radical (unpaired) electrons. The van der Waals surface area contributed by atoms with Gasteiger partial charge in [-0.3, -0.25) is 0 Å². The quantitative estimate of drug-likeness (QED) is 0.293. The second kappa shape index (κ2) is 11.2. The van der Waals surface area contributed by atoms with E-state index in [0.717, 1.165) is 25.7 Å². The molecule has 0 spiro atoms. The molecule has 0 saturated carbocycles. The molecule has 0 atom stereocenters. The molecular formula is C16H36ClO2P. The molecule has 0 fully saturated rings. The molecule has 0 aliphatic carbocycles. The topological polar surface area (TPSA) is 40.5 Å². The van der Waals surface area contributed by atoms with Crippen LogP contribution in [0.4, 0.5) is 0 Å². The number of rotatable bonds is 14. The van der Waals surface area contributed by atoms with E-state index < -0.39 is 6.41 Å². The molecule has 0 unspecified atom stereocenters. The van der Waals surface area contributed by atoms with Gasteiger partial charge in [0.15, 0.2) is 0 Å². The molecule has 0 amide bonds. The summed E-state index contributed by atoms with van der Waals surface area (Å²) in [7, 11) is 0. The van der Waals surface area contributed by atoms with Gasteiger partial charge in [0, 0.05) is 0 Å². The van der Waals surface area contributed by atoms with Gasteiger partial charge in [-0.1, -0.05) is 0 Å². The predicted molar refractivity (Wildman–Crippen MR) is 93.7 cm³/mol. The summed E-state index contributed by atoms with van der Waals surface area (Å²) in [5.41, 5.74) is 0. The van der Waals surface area contributed by atoms with Gasteiger partial charge in [-0.05, 0) is 0 Å². The van der Waals surface area contributed by atoms with Crippen molar-refractivity contribution >= 4 is 17.7 Å². The van der Waals surface area contributed by atoms with E-state index >= 15 is 0 Å². The molecule has 2 nitrogen and oxygen atoms in total. The Labute approximate surface area is 131 Å². The van der Waals surface area contributed by atoms with Crippen LogP contribution < -0.4 is 0 Å². The first-order chi connectivity index (χ1) is 9.39. The molecule has 124 valence electrons. The van der Waals surface area contributed by atoms with Gasteiger partial charge in [-0.2, -0.15) is 0 Å². The van der Waals surface area contributed by atoms with Crippen LogP contribution in [0.3, 0.4) is 0 Å². The first-order valence-electron chi connectivity index (χ1n) is 8.62. The number of halogens is 1. The summed E-state index contributed by atoms with van der Waals surface area (Å²) >= 11 is 6.11. The third kappa shape index (κ3) is 13.6. The van der Waals surface area contributed by atoms with Gasteiger partial charge in [-0.25, -0.2) is 0 Å². The van der Waals surface area contributed by atoms with Crippen LogP contribution in [0.1, 0.15) is 90.9 Å². The van der Waals surface area contributed by atoms with E-state index in [1.165, 1.54) is 51.4 Å². The van der Waals surface area contributed by atoms with E-state index in [9.17, 15) is 9.79 Å². The molecule has 2 N–H and O–H groups in total. The fourth-order valence-electron chi connectivity index (χ4n) is 2.52. The van der Waals surface area contributed by atoms with Crippen molar-refractivity contribution in [2.75, 3.05) is 12.3 Å². The predicted octanol–water partition coefficient (Wildman–Crippen LogP) is 6.23. The van der Waals surface area contributed by atoms with Crippen LogP contribution in [-0.2, 0) is 0 Å². The molecule has 0 saturated heterocycles. The van der Waals surface area contributed by atoms with Crippen LogP contribution in [-0.4, -0.2) is 22.1 Å². The normalized spacial score (nSPS) is 14.2. The zero-order valence-corrected chi connectivity index (χ0v) is 15.3. The van der Waals surface area contributed by atoms with Crippen molar-refractivity contribution in [3.8, 4) is 0 Å². The zero-order chi connectivity index (χ0) is 15.3. The van der Waals surface area contributed by atoms with Gasteiger partial charge in [0.25, 0.3) is 0 Å². The summed E-state index contributed by atoms with van der Waals surface area (Å²) in [5.74, 6) is 0. The van der Waals surface area contributed by atoms with Crippen LogP contribution in [0.15, 0.2) is 0 Å². The van der Waals surface area contributed by atoms with E-state index in [2.05, 4.69) is 13.8 Å². The first kappa shape index (κ1) is 20.6. The maximum absolute atomic E-state index is 10.2. The van der Waals surface area contributed by atoms with E-state index in [-0.39, 0.29) is 0 Å². The molecule has 4 heteroatoms. The number of unbranched alkanes of at least 4 members (excludes halogenated alkanes) is 10. The molecule has 0 aliphatic rings. The Hall–Kier alpha value is 0.640. The van der Waals surface area contributed by atoms with Crippen LogP contribution in [0.2, 0.25) is 0 Å². The van der Waals surface area contributed by atoms with E-state index in [1.807, 2.05) is 0 Å². The maximum atomic E-state index is 10.2. The first-order valence-corrected chi connectivity index (χ1v) is 12.0. The average Bonchev–Trinajstić information content (AvgIpc) is 2.37. The standard InChI is InChI=1S/C16H36ClO2P/c1-3-5-7-9-11-13-15-20(17,18,19)16-14-12-10-8-6-4-2/h18-19H,3-16H2,1-2H3. The van der Waals surface area contributed by atoms with Gasteiger partial charge in [0.2, 0.25) is 0 Å². The van der Waals surface area contributed by atoms with Gasteiger partial charge in [0.1, 0.15) is 0 Å². The van der Waals surface area contributed by atoms with Crippen molar-refractivity contribution in [1.82, 2.24) is 0 Å². The molecule has 20 heavy (non-hydrogen) atoms. The van der Waals surface area contributed by atoms with Crippen molar-refractivity contribution < 1.29 is 9.79 Å². The van der Waals surface area contributed by atoms with Gasteiger partial charge in [0.05, 0.1) is 0 Å². The van der Waals surface area contributed by atoms with Crippen LogP contribution >= 0.6 is 17.7 Å². The molecule has 0 aromatic rings.